The first-order valence-electron chi connectivity index (χ1n) is 9.73. The highest BCUT2D eigenvalue weighted by Gasteiger charge is 2.31. The smallest absolute Gasteiger partial charge is 0.337 e. The summed E-state index contributed by atoms with van der Waals surface area (Å²) in [4.78, 5) is 0. The first-order valence-corrected chi connectivity index (χ1v) is 10.7. The molecule has 0 saturated heterocycles. The summed E-state index contributed by atoms with van der Waals surface area (Å²) in [6.07, 6.45) is 0. The molecule has 0 N–H and O–H groups in total. The van der Waals surface area contributed by atoms with E-state index in [4.69, 9.17) is 14.9 Å². The van der Waals surface area contributed by atoms with Crippen LogP contribution in [0.25, 0.3) is 22.5 Å². The fourth-order valence-corrected chi connectivity index (χ4v) is 4.57. The molecule has 0 aliphatic carbocycles. The van der Waals surface area contributed by atoms with E-state index in [0.29, 0.717) is 0 Å². The molecule has 0 unspecified atom stereocenters. The van der Waals surface area contributed by atoms with Gasteiger partial charge in [-0.15, -0.1) is 9.78 Å². The number of methoxy groups -OCH3 is 1. The van der Waals surface area contributed by atoms with E-state index in [-0.39, 0.29) is 0 Å². The second-order valence-electron chi connectivity index (χ2n) is 7.02. The molecule has 4 aromatic rings. The van der Waals surface area contributed by atoms with Gasteiger partial charge in [0.1, 0.15) is 5.75 Å². The Hall–Kier alpha value is -3.38. The molecule has 0 bridgehead atoms. The van der Waals surface area contributed by atoms with Gasteiger partial charge in [0.25, 0.3) is 0 Å². The Morgan fingerprint density at radius 2 is 1.53 bits per heavy atom. The zero-order valence-corrected chi connectivity index (χ0v) is 17.6. The van der Waals surface area contributed by atoms with Crippen LogP contribution < -0.4 is 9.41 Å². The first kappa shape index (κ1) is 18.6. The van der Waals surface area contributed by atoms with Gasteiger partial charge < -0.3 is 4.74 Å². The number of hydrogen-bond donors (Lipinski definition) is 0. The predicted molar refractivity (Wildman–Crippen MR) is 120 cm³/mol. The predicted octanol–water partition coefficient (Wildman–Crippen LogP) is 4.41. The highest BCUT2D eigenvalue weighted by Crippen LogP contribution is 2.29. The average Bonchev–Trinajstić information content (AvgIpc) is 3.15. The lowest BCUT2D eigenvalue weighted by Gasteiger charge is -2.11. The number of benzene rings is 3. The molecular weight excluding hydrogens is 392 g/mol. The van der Waals surface area contributed by atoms with Gasteiger partial charge in [0.05, 0.1) is 31.2 Å². The lowest BCUT2D eigenvalue weighted by molar-refractivity contribution is -0.707. The Balaban J connectivity index is 1.55. The number of nitrogens with zero attached hydrogens (tertiary/aromatic N) is 4. The number of ether oxygens (including phenoxy) is 1. The van der Waals surface area contributed by atoms with Crippen molar-refractivity contribution in [3.8, 4) is 28.3 Å². The maximum atomic E-state index is 5.55. The minimum atomic E-state index is 0.774. The molecule has 0 atom stereocenters. The third-order valence-corrected chi connectivity index (χ3v) is 6.25. The molecule has 0 radical (unpaired) electrons. The molecule has 1 aromatic heterocycles. The van der Waals surface area contributed by atoms with Crippen LogP contribution >= 0.6 is 11.8 Å². The van der Waals surface area contributed by atoms with Gasteiger partial charge in [0, 0.05) is 10.7 Å². The lowest BCUT2D eigenvalue weighted by Crippen LogP contribution is -2.37. The van der Waals surface area contributed by atoms with Crippen molar-refractivity contribution in [2.75, 3.05) is 12.9 Å². The van der Waals surface area contributed by atoms with E-state index in [1.54, 1.807) is 18.9 Å². The number of fused-ring (bicyclic) bond motifs is 1. The van der Waals surface area contributed by atoms with E-state index in [9.17, 15) is 0 Å². The first-order chi connectivity index (χ1) is 14.7. The summed E-state index contributed by atoms with van der Waals surface area (Å²) >= 11 is 1.74. The molecule has 2 heterocycles. The molecule has 0 saturated carbocycles. The second kappa shape index (κ2) is 7.80. The minimum Gasteiger partial charge on any atom is -0.496 e. The van der Waals surface area contributed by atoms with Crippen LogP contribution in [0.15, 0.2) is 89.1 Å². The van der Waals surface area contributed by atoms with Crippen LogP contribution in [0.5, 0.6) is 5.75 Å². The van der Waals surface area contributed by atoms with E-state index >= 15 is 0 Å². The maximum Gasteiger partial charge on any atom is 0.337 e. The average molecular weight is 414 g/mol. The molecule has 3 aromatic carbocycles. The van der Waals surface area contributed by atoms with Gasteiger partial charge in [0.15, 0.2) is 0 Å². The zero-order valence-electron chi connectivity index (χ0n) is 16.8. The normalized spacial score (nSPS) is 12.9. The zero-order chi connectivity index (χ0) is 20.5. The van der Waals surface area contributed by atoms with Crippen molar-refractivity contribution < 1.29 is 9.41 Å². The lowest BCUT2D eigenvalue weighted by atomic mass is 10.0. The molecular formula is C24H21N4OS+. The van der Waals surface area contributed by atoms with Gasteiger partial charge in [-0.05, 0) is 35.0 Å². The summed E-state index contributed by atoms with van der Waals surface area (Å²) in [6, 6.07) is 26.9. The van der Waals surface area contributed by atoms with Gasteiger partial charge in [0.2, 0.25) is 0 Å². The van der Waals surface area contributed by atoms with Crippen LogP contribution in [0.3, 0.4) is 0 Å². The number of para-hydroxylation sites is 1. The SMILES string of the molecule is COc1ccccc1-c1nn(C)c2[n+]1N=C(c1ccc(-c3ccccc3)cc1)CS2. The Morgan fingerprint density at radius 1 is 0.867 bits per heavy atom. The topological polar surface area (TPSA) is 43.3 Å². The van der Waals surface area contributed by atoms with Crippen molar-refractivity contribution in [2.45, 2.75) is 5.16 Å². The highest BCUT2D eigenvalue weighted by atomic mass is 32.2. The highest BCUT2D eigenvalue weighted by molar-refractivity contribution is 7.99. The van der Waals surface area contributed by atoms with E-state index in [1.807, 2.05) is 46.7 Å². The number of rotatable bonds is 4. The van der Waals surface area contributed by atoms with Crippen molar-refractivity contribution in [3.63, 3.8) is 0 Å². The Labute approximate surface area is 179 Å². The molecule has 6 heteroatoms. The van der Waals surface area contributed by atoms with E-state index in [0.717, 1.165) is 39.3 Å². The third-order valence-electron chi connectivity index (χ3n) is 5.14. The van der Waals surface area contributed by atoms with Gasteiger partial charge >= 0.3 is 11.0 Å². The molecule has 1 aliphatic heterocycles. The summed E-state index contributed by atoms with van der Waals surface area (Å²) in [6.45, 7) is 0. The van der Waals surface area contributed by atoms with Crippen LogP contribution in [0, 0.1) is 0 Å². The van der Waals surface area contributed by atoms with Crippen LogP contribution in [0.4, 0.5) is 0 Å². The standard InChI is InChI=1S/C24H21N4OS/c1-27-24-28(23(26-27)20-10-6-7-11-22(20)29-2)25-21(16-30-24)19-14-12-18(13-15-19)17-8-4-3-5-9-17/h3-15H,16H2,1-2H3/q+1. The van der Waals surface area contributed by atoms with Crippen molar-refractivity contribution >= 4 is 17.5 Å². The molecule has 5 rings (SSSR count). The molecule has 0 spiro atoms. The summed E-state index contributed by atoms with van der Waals surface area (Å²) in [7, 11) is 3.63. The molecule has 0 amide bonds. The monoisotopic (exact) mass is 413 g/mol. The quantitative estimate of drug-likeness (QED) is 0.466. The van der Waals surface area contributed by atoms with Crippen molar-refractivity contribution in [1.29, 1.82) is 0 Å². The van der Waals surface area contributed by atoms with Gasteiger partial charge in [-0.2, -0.15) is 0 Å². The Morgan fingerprint density at radius 3 is 2.30 bits per heavy atom. The minimum absolute atomic E-state index is 0.774. The van der Waals surface area contributed by atoms with Gasteiger partial charge in [-0.1, -0.05) is 71.4 Å². The second-order valence-corrected chi connectivity index (χ2v) is 7.96. The molecule has 0 fully saturated rings. The molecule has 5 nitrogen and oxygen atoms in total. The molecule has 148 valence electrons. The van der Waals surface area contributed by atoms with E-state index < -0.39 is 0 Å². The third kappa shape index (κ3) is 3.29. The van der Waals surface area contributed by atoms with Crippen LogP contribution in [-0.4, -0.2) is 28.4 Å². The van der Waals surface area contributed by atoms with E-state index in [2.05, 4.69) is 48.5 Å². The Kier molecular flexibility index (Phi) is 4.85. The number of hydrogen-bond acceptors (Lipinski definition) is 4. The van der Waals surface area contributed by atoms with Gasteiger partial charge in [-0.3, -0.25) is 0 Å². The molecule has 30 heavy (non-hydrogen) atoms. The Bertz CT molecular complexity index is 1230. The van der Waals surface area contributed by atoms with Crippen LogP contribution in [-0.2, 0) is 7.05 Å². The number of thioether (sulfide) groups is 1. The fourth-order valence-electron chi connectivity index (χ4n) is 3.61. The summed E-state index contributed by atoms with van der Waals surface area (Å²) in [5, 5.41) is 10.7. The fraction of sp³-hybridized carbons (Fsp3) is 0.125. The largest absolute Gasteiger partial charge is 0.496 e. The summed E-state index contributed by atoms with van der Waals surface area (Å²) in [5.74, 6) is 2.36. The maximum absolute atomic E-state index is 5.55. The van der Waals surface area contributed by atoms with Crippen molar-refractivity contribution in [2.24, 2.45) is 12.1 Å². The summed E-state index contributed by atoms with van der Waals surface area (Å²) in [5.41, 5.74) is 5.49. The van der Waals surface area contributed by atoms with Crippen LogP contribution in [0.1, 0.15) is 5.56 Å². The summed E-state index contributed by atoms with van der Waals surface area (Å²) < 4.78 is 9.35. The van der Waals surface area contributed by atoms with Crippen molar-refractivity contribution in [3.05, 3.63) is 84.4 Å². The van der Waals surface area contributed by atoms with Crippen molar-refractivity contribution in [1.82, 2.24) is 9.78 Å². The number of aromatic nitrogens is 3. The van der Waals surface area contributed by atoms with E-state index in [1.165, 1.54) is 11.1 Å². The van der Waals surface area contributed by atoms with Gasteiger partial charge in [-0.25, -0.2) is 0 Å². The number of aryl methyl sites for hydroxylation is 1. The van der Waals surface area contributed by atoms with Crippen LogP contribution in [0.2, 0.25) is 0 Å². The molecule has 1 aliphatic rings.